The van der Waals surface area contributed by atoms with Gasteiger partial charge in [0.05, 0.1) is 56.6 Å². The van der Waals surface area contributed by atoms with Crippen LogP contribution in [-0.2, 0) is 0 Å². The van der Waals surface area contributed by atoms with Crippen LogP contribution < -0.4 is 0 Å². The first kappa shape index (κ1) is 28.8. The third-order valence-corrected chi connectivity index (χ3v) is 9.65. The van der Waals surface area contributed by atoms with Gasteiger partial charge in [-0.15, -0.1) is 0 Å². The highest BCUT2D eigenvalue weighted by atomic mass is 15.0. The highest BCUT2D eigenvalue weighted by Gasteiger charge is 2.22. The number of nitrogens with zero attached hydrogens (tertiary/aromatic N) is 5. The Labute approximate surface area is 287 Å². The maximum atomic E-state index is 10.5. The van der Waals surface area contributed by atoms with E-state index in [1.807, 2.05) is 60.7 Å². The molecule has 230 valence electrons. The van der Waals surface area contributed by atoms with Gasteiger partial charge in [-0.2, -0.15) is 15.8 Å². The van der Waals surface area contributed by atoms with Crippen LogP contribution in [0.15, 0.2) is 152 Å². The average molecular weight is 636 g/mol. The SMILES string of the molecule is N#Cc1ccc2c(c1)c1cccc(C#N)c1n2-c1cccc(C#N)c1-c1ccccc1-c1ccc(-n2c3ccccc3c3ccccc32)cc1. The largest absolute Gasteiger partial charge is 0.309 e. The number of hydrogen-bond acceptors (Lipinski definition) is 3. The first-order chi connectivity index (χ1) is 24.7. The van der Waals surface area contributed by atoms with Gasteiger partial charge in [0.2, 0.25) is 0 Å². The summed E-state index contributed by atoms with van der Waals surface area (Å²) in [5, 5.41) is 34.7. The summed E-state index contributed by atoms with van der Waals surface area (Å²) >= 11 is 0. The highest BCUT2D eigenvalue weighted by molar-refractivity contribution is 6.12. The van der Waals surface area contributed by atoms with E-state index in [1.54, 1.807) is 6.07 Å². The van der Waals surface area contributed by atoms with Gasteiger partial charge in [-0.05, 0) is 77.4 Å². The van der Waals surface area contributed by atoms with Crippen molar-refractivity contribution in [1.29, 1.82) is 15.8 Å². The molecule has 0 saturated heterocycles. The van der Waals surface area contributed by atoms with Gasteiger partial charge < -0.3 is 9.13 Å². The first-order valence-corrected chi connectivity index (χ1v) is 16.3. The second-order valence-corrected chi connectivity index (χ2v) is 12.3. The molecule has 0 radical (unpaired) electrons. The molecule has 0 aliphatic heterocycles. The fourth-order valence-corrected chi connectivity index (χ4v) is 7.53. The normalized spacial score (nSPS) is 11.1. The summed E-state index contributed by atoms with van der Waals surface area (Å²) in [5.74, 6) is 0. The van der Waals surface area contributed by atoms with E-state index in [-0.39, 0.29) is 0 Å². The van der Waals surface area contributed by atoms with E-state index < -0.39 is 0 Å². The van der Waals surface area contributed by atoms with Crippen LogP contribution >= 0.6 is 0 Å². The van der Waals surface area contributed by atoms with Crippen LogP contribution in [0, 0.1) is 34.0 Å². The molecule has 0 N–H and O–H groups in total. The van der Waals surface area contributed by atoms with Crippen molar-refractivity contribution in [2.24, 2.45) is 0 Å². The Morgan fingerprint density at radius 1 is 0.420 bits per heavy atom. The van der Waals surface area contributed by atoms with Gasteiger partial charge in [0.1, 0.15) is 6.07 Å². The van der Waals surface area contributed by atoms with Gasteiger partial charge in [0, 0.05) is 32.8 Å². The van der Waals surface area contributed by atoms with E-state index >= 15 is 0 Å². The minimum absolute atomic E-state index is 0.513. The molecule has 5 heteroatoms. The number of fused-ring (bicyclic) bond motifs is 6. The fourth-order valence-electron chi connectivity index (χ4n) is 7.53. The zero-order valence-electron chi connectivity index (χ0n) is 26.7. The predicted molar refractivity (Wildman–Crippen MR) is 200 cm³/mol. The van der Waals surface area contributed by atoms with Crippen LogP contribution in [0.2, 0.25) is 0 Å². The van der Waals surface area contributed by atoms with Gasteiger partial charge >= 0.3 is 0 Å². The van der Waals surface area contributed by atoms with E-state index in [2.05, 4.69) is 112 Å². The quantitative estimate of drug-likeness (QED) is 0.193. The third kappa shape index (κ3) is 4.24. The molecule has 0 unspecified atom stereocenters. The second-order valence-electron chi connectivity index (χ2n) is 12.3. The maximum absolute atomic E-state index is 10.5. The summed E-state index contributed by atoms with van der Waals surface area (Å²) in [6.07, 6.45) is 0. The van der Waals surface area contributed by atoms with Crippen LogP contribution in [0.1, 0.15) is 16.7 Å². The fraction of sp³-hybridized carbons (Fsp3) is 0. The van der Waals surface area contributed by atoms with Crippen LogP contribution in [0.25, 0.3) is 77.2 Å². The van der Waals surface area contributed by atoms with Gasteiger partial charge in [-0.1, -0.05) is 91.0 Å². The lowest BCUT2D eigenvalue weighted by Gasteiger charge is -2.19. The Bertz CT molecular complexity index is 2900. The molecule has 9 rings (SSSR count). The Balaban J connectivity index is 1.27. The molecule has 2 heterocycles. The molecule has 9 aromatic rings. The lowest BCUT2D eigenvalue weighted by molar-refractivity contribution is 1.17. The first-order valence-electron chi connectivity index (χ1n) is 16.3. The number of rotatable bonds is 4. The minimum atomic E-state index is 0.513. The summed E-state index contributed by atoms with van der Waals surface area (Å²) in [6.45, 7) is 0. The van der Waals surface area contributed by atoms with Crippen molar-refractivity contribution in [3.05, 3.63) is 168 Å². The number of benzene rings is 7. The highest BCUT2D eigenvalue weighted by Crippen LogP contribution is 2.42. The molecule has 0 aliphatic carbocycles. The predicted octanol–water partition coefficient (Wildman–Crippen LogP) is 10.8. The van der Waals surface area contributed by atoms with Gasteiger partial charge in [-0.3, -0.25) is 0 Å². The Kier molecular flexibility index (Phi) is 6.56. The Morgan fingerprint density at radius 2 is 1.02 bits per heavy atom. The van der Waals surface area contributed by atoms with Crippen molar-refractivity contribution in [3.63, 3.8) is 0 Å². The molecule has 5 nitrogen and oxygen atoms in total. The lowest BCUT2D eigenvalue weighted by Crippen LogP contribution is -2.01. The maximum Gasteiger partial charge on any atom is 0.101 e. The number of hydrogen-bond donors (Lipinski definition) is 0. The van der Waals surface area contributed by atoms with Crippen molar-refractivity contribution < 1.29 is 0 Å². The van der Waals surface area contributed by atoms with Crippen molar-refractivity contribution >= 4 is 43.6 Å². The average Bonchev–Trinajstić information content (AvgIpc) is 3.70. The smallest absolute Gasteiger partial charge is 0.101 e. The van der Waals surface area contributed by atoms with E-state index in [4.69, 9.17) is 0 Å². The summed E-state index contributed by atoms with van der Waals surface area (Å²) in [7, 11) is 0. The standard InChI is InChI=1S/C45H25N5/c46-26-29-19-24-42-39(25-29)38-15-7-10-32(28-48)45(38)50(42)43-18-8-9-31(27-47)44(43)37-14-2-1-11-34(37)30-20-22-33(23-21-30)49-40-16-5-3-12-35(40)36-13-4-6-17-41(36)49/h1-25H. The molecule has 0 amide bonds. The van der Waals surface area contributed by atoms with Crippen molar-refractivity contribution in [3.8, 4) is 51.8 Å². The molecular weight excluding hydrogens is 611 g/mol. The van der Waals surface area contributed by atoms with Crippen LogP contribution in [-0.4, -0.2) is 9.13 Å². The van der Waals surface area contributed by atoms with E-state index in [0.717, 1.165) is 66.5 Å². The van der Waals surface area contributed by atoms with Crippen molar-refractivity contribution in [2.45, 2.75) is 0 Å². The van der Waals surface area contributed by atoms with Crippen molar-refractivity contribution in [2.75, 3.05) is 0 Å². The molecule has 0 fully saturated rings. The van der Waals surface area contributed by atoms with Crippen LogP contribution in [0.4, 0.5) is 0 Å². The molecule has 2 aromatic heterocycles. The Morgan fingerprint density at radius 3 is 1.72 bits per heavy atom. The summed E-state index contributed by atoms with van der Waals surface area (Å²) in [4.78, 5) is 0. The molecule has 0 spiro atoms. The third-order valence-electron chi connectivity index (χ3n) is 9.65. The summed E-state index contributed by atoms with van der Waals surface area (Å²) in [5.41, 5.74) is 11.0. The molecule has 50 heavy (non-hydrogen) atoms. The number of para-hydroxylation sites is 3. The number of aromatic nitrogens is 2. The topological polar surface area (TPSA) is 81.2 Å². The van der Waals surface area contributed by atoms with Crippen LogP contribution in [0.5, 0.6) is 0 Å². The van der Waals surface area contributed by atoms with E-state index in [1.165, 1.54) is 10.8 Å². The zero-order valence-corrected chi connectivity index (χ0v) is 26.7. The Hall–Kier alpha value is -7.39. The van der Waals surface area contributed by atoms with Gasteiger partial charge in [0.25, 0.3) is 0 Å². The molecule has 0 saturated carbocycles. The van der Waals surface area contributed by atoms with Crippen LogP contribution in [0.3, 0.4) is 0 Å². The molecule has 0 bridgehead atoms. The van der Waals surface area contributed by atoms with Gasteiger partial charge in [0.15, 0.2) is 0 Å². The lowest BCUT2D eigenvalue weighted by atomic mass is 9.90. The van der Waals surface area contributed by atoms with Gasteiger partial charge in [-0.25, -0.2) is 0 Å². The molecule has 0 aliphatic rings. The number of nitriles is 3. The monoisotopic (exact) mass is 635 g/mol. The molecule has 7 aromatic carbocycles. The van der Waals surface area contributed by atoms with Crippen molar-refractivity contribution in [1.82, 2.24) is 9.13 Å². The molecular formula is C45H25N5. The van der Waals surface area contributed by atoms with E-state index in [0.29, 0.717) is 16.7 Å². The summed E-state index contributed by atoms with van der Waals surface area (Å²) < 4.78 is 4.37. The zero-order chi connectivity index (χ0) is 33.8. The second kappa shape index (κ2) is 11.4. The molecule has 0 atom stereocenters. The summed E-state index contributed by atoms with van der Waals surface area (Å²) in [6, 6.07) is 57.8. The minimum Gasteiger partial charge on any atom is -0.309 e. The van der Waals surface area contributed by atoms with E-state index in [9.17, 15) is 15.8 Å².